The van der Waals surface area contributed by atoms with Gasteiger partial charge in [0, 0.05) is 12.6 Å². The Morgan fingerprint density at radius 2 is 1.39 bits per heavy atom. The first-order chi connectivity index (χ1) is 10.6. The van der Waals surface area contributed by atoms with Crippen molar-refractivity contribution in [3.8, 4) is 5.75 Å². The molecule has 2 heteroatoms. The molecule has 0 spiro atoms. The molecule has 1 aromatic carbocycles. The van der Waals surface area contributed by atoms with Crippen LogP contribution in [0.15, 0.2) is 12.1 Å². The maximum atomic E-state index is 10.8. The van der Waals surface area contributed by atoms with Crippen molar-refractivity contribution in [2.75, 3.05) is 0 Å². The number of benzene rings is 1. The second-order valence-electron chi connectivity index (χ2n) is 9.26. The minimum Gasteiger partial charge on any atom is -0.507 e. The van der Waals surface area contributed by atoms with Gasteiger partial charge in [0.05, 0.1) is 0 Å². The molecule has 0 heterocycles. The molecule has 1 aliphatic carbocycles. The van der Waals surface area contributed by atoms with Gasteiger partial charge in [-0.25, -0.2) is 0 Å². The van der Waals surface area contributed by atoms with E-state index in [0.717, 1.165) is 17.7 Å². The van der Waals surface area contributed by atoms with Gasteiger partial charge in [0.25, 0.3) is 0 Å². The van der Waals surface area contributed by atoms with Crippen LogP contribution in [0.4, 0.5) is 0 Å². The minimum absolute atomic E-state index is 0.0507. The standard InChI is InChI=1S/C21H35NO/c1-20(2,3)17-12-15(13-18(19(17)23)21(4,5)6)14-22-16-10-8-7-9-11-16/h12-13,16,22-23H,7-11,14H2,1-6H3. The molecule has 0 amide bonds. The summed E-state index contributed by atoms with van der Waals surface area (Å²) < 4.78 is 0. The maximum absolute atomic E-state index is 10.8. The molecule has 0 bridgehead atoms. The number of rotatable bonds is 3. The Morgan fingerprint density at radius 3 is 1.83 bits per heavy atom. The zero-order chi connectivity index (χ0) is 17.3. The summed E-state index contributed by atoms with van der Waals surface area (Å²) in [6, 6.07) is 5.05. The Kier molecular flexibility index (Phi) is 5.45. The highest BCUT2D eigenvalue weighted by Crippen LogP contribution is 2.39. The number of hydrogen-bond donors (Lipinski definition) is 2. The largest absolute Gasteiger partial charge is 0.507 e. The average molecular weight is 318 g/mol. The fourth-order valence-corrected chi connectivity index (χ4v) is 3.51. The number of aromatic hydroxyl groups is 1. The van der Waals surface area contributed by atoms with Gasteiger partial charge < -0.3 is 10.4 Å². The van der Waals surface area contributed by atoms with Gasteiger partial charge in [-0.3, -0.25) is 0 Å². The minimum atomic E-state index is -0.0507. The van der Waals surface area contributed by atoms with Gasteiger partial charge >= 0.3 is 0 Å². The molecule has 0 saturated heterocycles. The predicted molar refractivity (Wildman–Crippen MR) is 99.2 cm³/mol. The van der Waals surface area contributed by atoms with Crippen molar-refractivity contribution in [1.82, 2.24) is 5.32 Å². The predicted octanol–water partition coefficient (Wildman–Crippen LogP) is 5.41. The summed E-state index contributed by atoms with van der Waals surface area (Å²) in [5, 5.41) is 14.5. The molecule has 2 N–H and O–H groups in total. The Hall–Kier alpha value is -1.02. The highest BCUT2D eigenvalue weighted by Gasteiger charge is 2.26. The lowest BCUT2D eigenvalue weighted by atomic mass is 9.78. The quantitative estimate of drug-likeness (QED) is 0.781. The normalized spacial score (nSPS) is 17.5. The first kappa shape index (κ1) is 18.3. The van der Waals surface area contributed by atoms with E-state index in [2.05, 4.69) is 59.0 Å². The molecule has 130 valence electrons. The first-order valence-electron chi connectivity index (χ1n) is 9.19. The Morgan fingerprint density at radius 1 is 0.913 bits per heavy atom. The van der Waals surface area contributed by atoms with E-state index in [-0.39, 0.29) is 10.8 Å². The molecule has 0 aromatic heterocycles. The van der Waals surface area contributed by atoms with Crippen molar-refractivity contribution in [1.29, 1.82) is 0 Å². The van der Waals surface area contributed by atoms with E-state index in [4.69, 9.17) is 0 Å². The van der Waals surface area contributed by atoms with Crippen LogP contribution in [-0.2, 0) is 17.4 Å². The van der Waals surface area contributed by atoms with Crippen LogP contribution in [0, 0.1) is 0 Å². The second kappa shape index (κ2) is 6.84. The van der Waals surface area contributed by atoms with E-state index < -0.39 is 0 Å². The second-order valence-corrected chi connectivity index (χ2v) is 9.26. The van der Waals surface area contributed by atoms with E-state index >= 15 is 0 Å². The van der Waals surface area contributed by atoms with Crippen LogP contribution in [0.5, 0.6) is 5.75 Å². The first-order valence-corrected chi connectivity index (χ1v) is 9.19. The maximum Gasteiger partial charge on any atom is 0.123 e. The molecular weight excluding hydrogens is 282 g/mol. The summed E-state index contributed by atoms with van der Waals surface area (Å²) in [5.41, 5.74) is 3.31. The summed E-state index contributed by atoms with van der Waals surface area (Å²) in [7, 11) is 0. The van der Waals surface area contributed by atoms with Crippen molar-refractivity contribution in [2.24, 2.45) is 0 Å². The summed E-state index contributed by atoms with van der Waals surface area (Å²) in [5.74, 6) is 0.478. The van der Waals surface area contributed by atoms with E-state index in [1.807, 2.05) is 0 Å². The van der Waals surface area contributed by atoms with Crippen LogP contribution in [0.2, 0.25) is 0 Å². The molecular formula is C21H35NO. The van der Waals surface area contributed by atoms with Crippen molar-refractivity contribution >= 4 is 0 Å². The summed E-state index contributed by atoms with van der Waals surface area (Å²) in [6.07, 6.45) is 6.70. The van der Waals surface area contributed by atoms with Gasteiger partial charge in [0.1, 0.15) is 5.75 Å². The molecule has 2 rings (SSSR count). The highest BCUT2D eigenvalue weighted by molar-refractivity contribution is 5.49. The lowest BCUT2D eigenvalue weighted by Crippen LogP contribution is -2.30. The Bertz CT molecular complexity index is 493. The molecule has 23 heavy (non-hydrogen) atoms. The van der Waals surface area contributed by atoms with Gasteiger partial charge in [-0.05, 0) is 40.4 Å². The fraction of sp³-hybridized carbons (Fsp3) is 0.714. The number of phenols is 1. The van der Waals surface area contributed by atoms with Crippen LogP contribution < -0.4 is 5.32 Å². The van der Waals surface area contributed by atoms with Gasteiger partial charge in [-0.15, -0.1) is 0 Å². The SMILES string of the molecule is CC(C)(C)c1cc(CNC2CCCCC2)cc(C(C)(C)C)c1O. The van der Waals surface area contributed by atoms with Gasteiger partial charge in [0.2, 0.25) is 0 Å². The van der Waals surface area contributed by atoms with Gasteiger partial charge in [-0.1, -0.05) is 72.9 Å². The third-order valence-electron chi connectivity index (χ3n) is 4.99. The Balaban J connectivity index is 2.28. The van der Waals surface area contributed by atoms with E-state index in [9.17, 15) is 5.11 Å². The third kappa shape index (κ3) is 4.73. The van der Waals surface area contributed by atoms with E-state index in [1.165, 1.54) is 37.7 Å². The zero-order valence-corrected chi connectivity index (χ0v) is 15.9. The average Bonchev–Trinajstić information content (AvgIpc) is 2.44. The topological polar surface area (TPSA) is 32.3 Å². The molecule has 0 radical (unpaired) electrons. The summed E-state index contributed by atoms with van der Waals surface area (Å²) in [6.45, 7) is 13.9. The fourth-order valence-electron chi connectivity index (χ4n) is 3.51. The van der Waals surface area contributed by atoms with Crippen LogP contribution >= 0.6 is 0 Å². The summed E-state index contributed by atoms with van der Waals surface area (Å²) >= 11 is 0. The van der Waals surface area contributed by atoms with Crippen LogP contribution in [-0.4, -0.2) is 11.1 Å². The molecule has 0 unspecified atom stereocenters. The van der Waals surface area contributed by atoms with Crippen molar-refractivity contribution in [3.63, 3.8) is 0 Å². The smallest absolute Gasteiger partial charge is 0.123 e. The van der Waals surface area contributed by atoms with Crippen molar-refractivity contribution in [3.05, 3.63) is 28.8 Å². The monoisotopic (exact) mass is 317 g/mol. The molecule has 1 saturated carbocycles. The van der Waals surface area contributed by atoms with Crippen molar-refractivity contribution in [2.45, 2.75) is 97.1 Å². The third-order valence-corrected chi connectivity index (χ3v) is 4.99. The highest BCUT2D eigenvalue weighted by atomic mass is 16.3. The van der Waals surface area contributed by atoms with Crippen LogP contribution in [0.1, 0.15) is 90.3 Å². The molecule has 0 aliphatic heterocycles. The lowest BCUT2D eigenvalue weighted by Gasteiger charge is -2.29. The molecule has 1 fully saturated rings. The Labute approximate surface area is 142 Å². The van der Waals surface area contributed by atoms with Crippen LogP contribution in [0.3, 0.4) is 0 Å². The van der Waals surface area contributed by atoms with Gasteiger partial charge in [0.15, 0.2) is 0 Å². The summed E-state index contributed by atoms with van der Waals surface area (Å²) in [4.78, 5) is 0. The van der Waals surface area contributed by atoms with Gasteiger partial charge in [-0.2, -0.15) is 0 Å². The molecule has 0 atom stereocenters. The lowest BCUT2D eigenvalue weighted by molar-refractivity contribution is 0.371. The zero-order valence-electron chi connectivity index (χ0n) is 15.9. The van der Waals surface area contributed by atoms with E-state index in [0.29, 0.717) is 11.8 Å². The molecule has 1 aliphatic rings. The molecule has 1 aromatic rings. The van der Waals surface area contributed by atoms with Crippen LogP contribution in [0.25, 0.3) is 0 Å². The number of nitrogens with one attached hydrogen (secondary N) is 1. The van der Waals surface area contributed by atoms with Crippen molar-refractivity contribution < 1.29 is 5.11 Å². The number of phenolic OH excluding ortho intramolecular Hbond substituents is 1. The number of hydrogen-bond acceptors (Lipinski definition) is 2. The molecule has 2 nitrogen and oxygen atoms in total. The van der Waals surface area contributed by atoms with E-state index in [1.54, 1.807) is 0 Å².